The average Bonchev–Trinajstić information content (AvgIpc) is 2.87. The number of methoxy groups -OCH3 is 1. The van der Waals surface area contributed by atoms with E-state index in [0.717, 1.165) is 38.5 Å². The van der Waals surface area contributed by atoms with Gasteiger partial charge in [0.25, 0.3) is 0 Å². The molecule has 0 aromatic heterocycles. The van der Waals surface area contributed by atoms with Crippen molar-refractivity contribution in [3.8, 4) is 0 Å². The van der Waals surface area contributed by atoms with Crippen molar-refractivity contribution < 1.29 is 18.3 Å². The molecule has 0 aliphatic carbocycles. The summed E-state index contributed by atoms with van der Waals surface area (Å²) in [6, 6.07) is 3.74. The Kier molecular flexibility index (Phi) is 5.46. The van der Waals surface area contributed by atoms with Crippen LogP contribution in [0.15, 0.2) is 18.2 Å². The molecule has 2 bridgehead atoms. The van der Waals surface area contributed by atoms with Gasteiger partial charge in [-0.1, -0.05) is 6.07 Å². The summed E-state index contributed by atoms with van der Waals surface area (Å²) in [7, 11) is 1.70. The van der Waals surface area contributed by atoms with Crippen molar-refractivity contribution in [3.05, 3.63) is 35.4 Å². The Bertz CT molecular complexity index is 596. The number of halogens is 2. The molecule has 2 atom stereocenters. The third-order valence-corrected chi connectivity index (χ3v) is 5.12. The molecule has 3 aliphatic rings. The Morgan fingerprint density at radius 2 is 2.08 bits per heavy atom. The molecule has 0 spiro atoms. The minimum absolute atomic E-state index is 0.0103. The topological polar surface area (TPSA) is 32.8 Å². The van der Waals surface area contributed by atoms with Crippen LogP contribution in [-0.4, -0.2) is 61.6 Å². The largest absolute Gasteiger partial charge is 0.383 e. The Labute approximate surface area is 141 Å². The van der Waals surface area contributed by atoms with Crippen LogP contribution in [0.4, 0.5) is 8.78 Å². The van der Waals surface area contributed by atoms with Crippen LogP contribution >= 0.6 is 0 Å². The van der Waals surface area contributed by atoms with Crippen LogP contribution in [0.1, 0.15) is 18.4 Å². The van der Waals surface area contributed by atoms with Gasteiger partial charge in [0.1, 0.15) is 11.6 Å². The number of rotatable bonds is 5. The fourth-order valence-corrected chi connectivity index (χ4v) is 3.80. The van der Waals surface area contributed by atoms with Gasteiger partial charge >= 0.3 is 0 Å². The predicted octanol–water partition coefficient (Wildman–Crippen LogP) is 2.08. The van der Waals surface area contributed by atoms with Crippen LogP contribution in [0, 0.1) is 17.6 Å². The first-order valence-corrected chi connectivity index (χ1v) is 8.51. The average molecular weight is 338 g/mol. The Morgan fingerprint density at radius 1 is 1.25 bits per heavy atom. The lowest BCUT2D eigenvalue weighted by molar-refractivity contribution is -0.130. The van der Waals surface area contributed by atoms with Crippen molar-refractivity contribution in [2.24, 2.45) is 5.92 Å². The van der Waals surface area contributed by atoms with Gasteiger partial charge in [-0.15, -0.1) is 0 Å². The number of carbonyl (C=O) groups is 1. The fraction of sp³-hybridized carbons (Fsp3) is 0.611. The van der Waals surface area contributed by atoms with Gasteiger partial charge in [-0.2, -0.15) is 0 Å². The highest BCUT2D eigenvalue weighted by Crippen LogP contribution is 2.28. The van der Waals surface area contributed by atoms with Crippen LogP contribution < -0.4 is 0 Å². The van der Waals surface area contributed by atoms with Gasteiger partial charge in [-0.05, 0) is 30.4 Å². The zero-order valence-corrected chi connectivity index (χ0v) is 14.0. The normalized spacial score (nSPS) is 24.2. The fourth-order valence-electron chi connectivity index (χ4n) is 3.80. The standard InChI is InChI=1S/C18H24F2N2O2/c1-24-7-6-21-10-13-2-5-16(21)12-22(11-13)18(23)8-14-3-4-15(19)9-17(14)20/h3-4,9,13,16H,2,5-8,10-12H2,1H3/t13-,16-/m1/s1. The van der Waals surface area contributed by atoms with E-state index in [2.05, 4.69) is 4.90 Å². The predicted molar refractivity (Wildman–Crippen MR) is 86.6 cm³/mol. The van der Waals surface area contributed by atoms with Crippen LogP contribution in [-0.2, 0) is 16.0 Å². The molecule has 1 aromatic rings. The minimum Gasteiger partial charge on any atom is -0.383 e. The Balaban J connectivity index is 1.65. The molecule has 0 saturated carbocycles. The lowest BCUT2D eigenvalue weighted by Gasteiger charge is -2.35. The number of hydrogen-bond donors (Lipinski definition) is 0. The van der Waals surface area contributed by atoms with Crippen molar-refractivity contribution in [3.63, 3.8) is 0 Å². The molecule has 3 aliphatic heterocycles. The molecule has 4 rings (SSSR count). The SMILES string of the molecule is COCCN1C[C@H]2CC[C@@H]1CN(C(=O)Cc1ccc(F)cc1F)C2. The lowest BCUT2D eigenvalue weighted by Crippen LogP contribution is -2.45. The highest BCUT2D eigenvalue weighted by atomic mass is 19.1. The summed E-state index contributed by atoms with van der Waals surface area (Å²) >= 11 is 0. The molecule has 132 valence electrons. The highest BCUT2D eigenvalue weighted by Gasteiger charge is 2.36. The summed E-state index contributed by atoms with van der Waals surface area (Å²) in [5, 5.41) is 0. The molecule has 6 heteroatoms. The summed E-state index contributed by atoms with van der Waals surface area (Å²) in [4.78, 5) is 16.9. The first-order chi connectivity index (χ1) is 11.6. The van der Waals surface area contributed by atoms with E-state index in [1.807, 2.05) is 4.90 Å². The van der Waals surface area contributed by atoms with E-state index in [1.54, 1.807) is 7.11 Å². The van der Waals surface area contributed by atoms with Gasteiger partial charge in [0.2, 0.25) is 5.91 Å². The van der Waals surface area contributed by atoms with Crippen molar-refractivity contribution in [1.29, 1.82) is 0 Å². The molecule has 3 fully saturated rings. The van der Waals surface area contributed by atoms with Gasteiger partial charge < -0.3 is 9.64 Å². The second kappa shape index (κ2) is 7.57. The maximum absolute atomic E-state index is 13.8. The van der Waals surface area contributed by atoms with Crippen molar-refractivity contribution >= 4 is 5.91 Å². The smallest absolute Gasteiger partial charge is 0.227 e. The first-order valence-electron chi connectivity index (χ1n) is 8.51. The summed E-state index contributed by atoms with van der Waals surface area (Å²) in [5.74, 6) is -0.887. The second-order valence-corrected chi connectivity index (χ2v) is 6.80. The third-order valence-electron chi connectivity index (χ3n) is 5.12. The Morgan fingerprint density at radius 3 is 2.83 bits per heavy atom. The molecule has 1 aromatic carbocycles. The number of carbonyl (C=O) groups excluding carboxylic acids is 1. The Hall–Kier alpha value is -1.53. The number of nitrogens with zero attached hydrogens (tertiary/aromatic N) is 2. The molecule has 0 N–H and O–H groups in total. The highest BCUT2D eigenvalue weighted by molar-refractivity contribution is 5.79. The molecule has 3 saturated heterocycles. The van der Waals surface area contributed by atoms with E-state index in [1.165, 1.54) is 12.1 Å². The maximum atomic E-state index is 13.8. The van der Waals surface area contributed by atoms with E-state index in [-0.39, 0.29) is 17.9 Å². The molecule has 0 radical (unpaired) electrons. The van der Waals surface area contributed by atoms with Gasteiger partial charge in [-0.3, -0.25) is 9.69 Å². The van der Waals surface area contributed by atoms with Crippen molar-refractivity contribution in [1.82, 2.24) is 9.80 Å². The minimum atomic E-state index is -0.650. The second-order valence-electron chi connectivity index (χ2n) is 6.80. The quantitative estimate of drug-likeness (QED) is 0.824. The van der Waals surface area contributed by atoms with Crippen molar-refractivity contribution in [2.45, 2.75) is 25.3 Å². The molecular formula is C18H24F2N2O2. The van der Waals surface area contributed by atoms with E-state index >= 15 is 0 Å². The molecule has 3 heterocycles. The molecule has 0 unspecified atom stereocenters. The zero-order chi connectivity index (χ0) is 17.1. The number of ether oxygens (including phenoxy) is 1. The van der Waals surface area contributed by atoms with E-state index in [4.69, 9.17) is 4.74 Å². The van der Waals surface area contributed by atoms with Crippen LogP contribution in [0.25, 0.3) is 0 Å². The monoisotopic (exact) mass is 338 g/mol. The number of amides is 1. The molecule has 24 heavy (non-hydrogen) atoms. The van der Waals surface area contributed by atoms with E-state index < -0.39 is 11.6 Å². The number of hydrogen-bond acceptors (Lipinski definition) is 3. The van der Waals surface area contributed by atoms with Crippen LogP contribution in [0.2, 0.25) is 0 Å². The number of fused-ring (bicyclic) bond motifs is 4. The lowest BCUT2D eigenvalue weighted by atomic mass is 9.95. The summed E-state index contributed by atoms with van der Waals surface area (Å²) in [6.07, 6.45) is 2.20. The van der Waals surface area contributed by atoms with Gasteiger partial charge in [0.05, 0.1) is 13.0 Å². The van der Waals surface area contributed by atoms with Crippen LogP contribution in [0.5, 0.6) is 0 Å². The van der Waals surface area contributed by atoms with Gasteiger partial charge in [-0.25, -0.2) is 8.78 Å². The maximum Gasteiger partial charge on any atom is 0.227 e. The summed E-state index contributed by atoms with van der Waals surface area (Å²) in [6.45, 7) is 3.97. The van der Waals surface area contributed by atoms with Gasteiger partial charge in [0, 0.05) is 45.4 Å². The van der Waals surface area contributed by atoms with Crippen LogP contribution in [0.3, 0.4) is 0 Å². The molecular weight excluding hydrogens is 314 g/mol. The summed E-state index contributed by atoms with van der Waals surface area (Å²) in [5.41, 5.74) is 0.259. The third kappa shape index (κ3) is 3.92. The van der Waals surface area contributed by atoms with Crippen molar-refractivity contribution in [2.75, 3.05) is 39.9 Å². The van der Waals surface area contributed by atoms with E-state index in [0.29, 0.717) is 25.1 Å². The molecule has 4 nitrogen and oxygen atoms in total. The van der Waals surface area contributed by atoms with E-state index in [9.17, 15) is 13.6 Å². The zero-order valence-electron chi connectivity index (χ0n) is 14.0. The number of benzene rings is 1. The van der Waals surface area contributed by atoms with Gasteiger partial charge in [0.15, 0.2) is 0 Å². The summed E-state index contributed by atoms with van der Waals surface area (Å²) < 4.78 is 32.0. The first kappa shape index (κ1) is 17.3. The number of piperidine rings is 1. The molecule has 1 amide bonds.